The van der Waals surface area contributed by atoms with Crippen LogP contribution in [0.4, 0.5) is 4.39 Å². The van der Waals surface area contributed by atoms with Crippen LogP contribution in [-0.4, -0.2) is 11.8 Å². The van der Waals surface area contributed by atoms with Crippen LogP contribution >= 0.6 is 0 Å². The number of primary amides is 1. The number of hydrogen-bond donors (Lipinski definition) is 2. The number of halogens is 1. The first kappa shape index (κ1) is 12.5. The van der Waals surface area contributed by atoms with Gasteiger partial charge in [0, 0.05) is 5.92 Å². The Kier molecular flexibility index (Phi) is 3.32. The molecule has 0 saturated heterocycles. The Labute approximate surface area is 104 Å². The molecular weight excluding hydrogens is 235 g/mol. The van der Waals surface area contributed by atoms with Crippen molar-refractivity contribution < 1.29 is 14.0 Å². The molecule has 2 rings (SSSR count). The Bertz CT molecular complexity index is 472. The lowest BCUT2D eigenvalue weighted by Crippen LogP contribution is -2.38. The SMILES string of the molecule is C[C@@H]1C[C@@H]1C(=O)N[C@H](C(N)=O)c1ccc(F)cc1. The molecule has 0 bridgehead atoms. The van der Waals surface area contributed by atoms with Gasteiger partial charge in [-0.25, -0.2) is 4.39 Å². The highest BCUT2D eigenvalue weighted by atomic mass is 19.1. The number of carbonyl (C=O) groups excluding carboxylic acids is 2. The maximum atomic E-state index is 12.8. The van der Waals surface area contributed by atoms with E-state index in [9.17, 15) is 14.0 Å². The summed E-state index contributed by atoms with van der Waals surface area (Å²) in [7, 11) is 0. The quantitative estimate of drug-likeness (QED) is 0.840. The van der Waals surface area contributed by atoms with Gasteiger partial charge in [0.15, 0.2) is 0 Å². The van der Waals surface area contributed by atoms with E-state index in [1.54, 1.807) is 0 Å². The van der Waals surface area contributed by atoms with E-state index in [2.05, 4.69) is 5.32 Å². The van der Waals surface area contributed by atoms with Crippen LogP contribution in [0.15, 0.2) is 24.3 Å². The van der Waals surface area contributed by atoms with Gasteiger partial charge in [0.25, 0.3) is 0 Å². The van der Waals surface area contributed by atoms with E-state index < -0.39 is 17.8 Å². The van der Waals surface area contributed by atoms with Crippen molar-refractivity contribution in [2.24, 2.45) is 17.6 Å². The normalized spacial score (nSPS) is 23.2. The summed E-state index contributed by atoms with van der Waals surface area (Å²) in [6.45, 7) is 1.97. The summed E-state index contributed by atoms with van der Waals surface area (Å²) >= 11 is 0. The van der Waals surface area contributed by atoms with Crippen LogP contribution in [0, 0.1) is 17.7 Å². The van der Waals surface area contributed by atoms with Crippen LogP contribution in [0.3, 0.4) is 0 Å². The molecule has 5 heteroatoms. The van der Waals surface area contributed by atoms with Crippen LogP contribution in [0.25, 0.3) is 0 Å². The molecule has 3 N–H and O–H groups in total. The zero-order chi connectivity index (χ0) is 13.3. The van der Waals surface area contributed by atoms with Crippen molar-refractivity contribution >= 4 is 11.8 Å². The topological polar surface area (TPSA) is 72.2 Å². The molecule has 2 amide bonds. The Morgan fingerprint density at radius 2 is 1.94 bits per heavy atom. The highest BCUT2D eigenvalue weighted by Gasteiger charge is 2.40. The first-order chi connectivity index (χ1) is 8.49. The van der Waals surface area contributed by atoms with Gasteiger partial charge >= 0.3 is 0 Å². The summed E-state index contributed by atoms with van der Waals surface area (Å²) in [5.74, 6) is -0.901. The average Bonchev–Trinajstić information content (AvgIpc) is 3.04. The first-order valence-corrected chi connectivity index (χ1v) is 5.84. The average molecular weight is 250 g/mol. The van der Waals surface area contributed by atoms with Gasteiger partial charge in [-0.15, -0.1) is 0 Å². The summed E-state index contributed by atoms with van der Waals surface area (Å²) in [6.07, 6.45) is 0.834. The summed E-state index contributed by atoms with van der Waals surface area (Å²) in [6, 6.07) is 4.46. The third kappa shape index (κ3) is 2.67. The zero-order valence-electron chi connectivity index (χ0n) is 10.0. The number of carbonyl (C=O) groups is 2. The van der Waals surface area contributed by atoms with Crippen molar-refractivity contribution in [1.29, 1.82) is 0 Å². The van der Waals surface area contributed by atoms with E-state index in [1.165, 1.54) is 24.3 Å². The summed E-state index contributed by atoms with van der Waals surface area (Å²) in [5.41, 5.74) is 5.75. The molecule has 96 valence electrons. The van der Waals surface area contributed by atoms with E-state index in [0.29, 0.717) is 11.5 Å². The minimum absolute atomic E-state index is 0.0349. The largest absolute Gasteiger partial charge is 0.368 e. The molecule has 0 spiro atoms. The predicted octanol–water partition coefficient (Wildman–Crippen LogP) is 1.12. The molecule has 1 aliphatic rings. The van der Waals surface area contributed by atoms with Crippen LogP contribution in [0.5, 0.6) is 0 Å². The van der Waals surface area contributed by atoms with Crippen molar-refractivity contribution in [2.75, 3.05) is 0 Å². The lowest BCUT2D eigenvalue weighted by atomic mass is 10.1. The van der Waals surface area contributed by atoms with Crippen LogP contribution in [0.2, 0.25) is 0 Å². The molecule has 0 aromatic heterocycles. The number of rotatable bonds is 4. The second kappa shape index (κ2) is 4.76. The molecule has 0 aliphatic heterocycles. The Morgan fingerprint density at radius 3 is 2.39 bits per heavy atom. The van der Waals surface area contributed by atoms with Gasteiger partial charge in [0.1, 0.15) is 11.9 Å². The molecule has 4 nitrogen and oxygen atoms in total. The van der Waals surface area contributed by atoms with E-state index >= 15 is 0 Å². The number of nitrogens with two attached hydrogens (primary N) is 1. The van der Waals surface area contributed by atoms with Gasteiger partial charge in [0.2, 0.25) is 11.8 Å². The lowest BCUT2D eigenvalue weighted by molar-refractivity contribution is -0.128. The van der Waals surface area contributed by atoms with Crippen LogP contribution in [-0.2, 0) is 9.59 Å². The summed E-state index contributed by atoms with van der Waals surface area (Å²) < 4.78 is 12.8. The van der Waals surface area contributed by atoms with Crippen molar-refractivity contribution in [3.8, 4) is 0 Å². The minimum atomic E-state index is -0.897. The van der Waals surface area contributed by atoms with Crippen molar-refractivity contribution in [3.63, 3.8) is 0 Å². The minimum Gasteiger partial charge on any atom is -0.368 e. The zero-order valence-corrected chi connectivity index (χ0v) is 10.0. The molecule has 1 aromatic carbocycles. The molecule has 18 heavy (non-hydrogen) atoms. The number of nitrogens with one attached hydrogen (secondary N) is 1. The molecule has 1 aliphatic carbocycles. The third-order valence-corrected chi connectivity index (χ3v) is 3.22. The van der Waals surface area contributed by atoms with Gasteiger partial charge in [0.05, 0.1) is 0 Å². The highest BCUT2D eigenvalue weighted by Crippen LogP contribution is 2.38. The van der Waals surface area contributed by atoms with Gasteiger partial charge in [-0.3, -0.25) is 9.59 Å². The van der Waals surface area contributed by atoms with E-state index in [1.807, 2.05) is 6.92 Å². The molecule has 1 saturated carbocycles. The van der Waals surface area contributed by atoms with Gasteiger partial charge in [-0.05, 0) is 30.0 Å². The number of benzene rings is 1. The van der Waals surface area contributed by atoms with Crippen molar-refractivity contribution in [2.45, 2.75) is 19.4 Å². The molecule has 1 aromatic rings. The fourth-order valence-corrected chi connectivity index (χ4v) is 1.91. The Morgan fingerprint density at radius 1 is 1.39 bits per heavy atom. The monoisotopic (exact) mass is 250 g/mol. The molecule has 0 radical (unpaired) electrons. The van der Waals surface area contributed by atoms with Crippen molar-refractivity contribution in [1.82, 2.24) is 5.32 Å². The molecule has 0 heterocycles. The maximum Gasteiger partial charge on any atom is 0.244 e. The third-order valence-electron chi connectivity index (χ3n) is 3.22. The smallest absolute Gasteiger partial charge is 0.244 e. The summed E-state index contributed by atoms with van der Waals surface area (Å²) in [4.78, 5) is 23.1. The summed E-state index contributed by atoms with van der Waals surface area (Å²) in [5, 5.41) is 2.61. The highest BCUT2D eigenvalue weighted by molar-refractivity contribution is 5.89. The van der Waals surface area contributed by atoms with Gasteiger partial charge in [-0.2, -0.15) is 0 Å². The first-order valence-electron chi connectivity index (χ1n) is 5.84. The fraction of sp³-hybridized carbons (Fsp3) is 0.385. The molecule has 3 atom stereocenters. The number of hydrogen-bond acceptors (Lipinski definition) is 2. The second-order valence-electron chi connectivity index (χ2n) is 4.72. The van der Waals surface area contributed by atoms with Crippen LogP contribution < -0.4 is 11.1 Å². The maximum absolute atomic E-state index is 12.8. The van der Waals surface area contributed by atoms with E-state index in [-0.39, 0.29) is 11.8 Å². The van der Waals surface area contributed by atoms with E-state index in [4.69, 9.17) is 5.73 Å². The van der Waals surface area contributed by atoms with E-state index in [0.717, 1.165) is 6.42 Å². The molecule has 0 unspecified atom stereocenters. The predicted molar refractivity (Wildman–Crippen MR) is 63.7 cm³/mol. The lowest BCUT2D eigenvalue weighted by Gasteiger charge is -2.15. The van der Waals surface area contributed by atoms with Gasteiger partial charge in [-0.1, -0.05) is 19.1 Å². The Balaban J connectivity index is 2.11. The van der Waals surface area contributed by atoms with Crippen molar-refractivity contribution in [3.05, 3.63) is 35.6 Å². The Hall–Kier alpha value is -1.91. The number of amides is 2. The second-order valence-corrected chi connectivity index (χ2v) is 4.72. The molecular formula is C13H15FN2O2. The van der Waals surface area contributed by atoms with Crippen LogP contribution in [0.1, 0.15) is 24.9 Å². The fourth-order valence-electron chi connectivity index (χ4n) is 1.91. The van der Waals surface area contributed by atoms with Gasteiger partial charge < -0.3 is 11.1 Å². The molecule has 1 fully saturated rings. The standard InChI is InChI=1S/C13H15FN2O2/c1-7-6-10(7)13(18)16-11(12(15)17)8-2-4-9(14)5-3-8/h2-5,7,10-11H,6H2,1H3,(H2,15,17)(H,16,18)/t7-,10+,11+/m1/s1.